The molecule has 2 heterocycles. The number of nitrogens with zero attached hydrogens (tertiary/aromatic N) is 2. The van der Waals surface area contributed by atoms with Gasteiger partial charge in [0, 0.05) is 19.7 Å². The summed E-state index contributed by atoms with van der Waals surface area (Å²) in [4.78, 5) is 0. The Morgan fingerprint density at radius 2 is 2.32 bits per heavy atom. The van der Waals surface area contributed by atoms with Crippen molar-refractivity contribution in [2.75, 3.05) is 18.5 Å². The van der Waals surface area contributed by atoms with E-state index in [1.807, 2.05) is 11.6 Å². The Morgan fingerprint density at radius 3 is 2.89 bits per heavy atom. The highest BCUT2D eigenvalue weighted by molar-refractivity contribution is 7.80. The van der Waals surface area contributed by atoms with Crippen LogP contribution in [0.3, 0.4) is 0 Å². The van der Waals surface area contributed by atoms with E-state index in [1.54, 1.807) is 0 Å². The standard InChI is InChI=1S/C13H22N4OS/c1-4-17-10(3)12(9(2)16-17)15-13(19)14-8-11-6-5-7-18-11/h11H,4-8H2,1-3H3,(H2,14,15,19). The van der Waals surface area contributed by atoms with Crippen LogP contribution in [-0.2, 0) is 11.3 Å². The Bertz CT molecular complexity index is 452. The van der Waals surface area contributed by atoms with Gasteiger partial charge in [-0.05, 0) is 45.8 Å². The van der Waals surface area contributed by atoms with Gasteiger partial charge in [0.25, 0.3) is 0 Å². The van der Waals surface area contributed by atoms with Crippen LogP contribution in [0.2, 0.25) is 0 Å². The Morgan fingerprint density at radius 1 is 1.53 bits per heavy atom. The lowest BCUT2D eigenvalue weighted by Crippen LogP contribution is -2.35. The predicted molar refractivity (Wildman–Crippen MR) is 80.6 cm³/mol. The lowest BCUT2D eigenvalue weighted by Gasteiger charge is -2.14. The minimum atomic E-state index is 0.292. The second-order valence-corrected chi connectivity index (χ2v) is 5.24. The van der Waals surface area contributed by atoms with E-state index in [0.29, 0.717) is 11.2 Å². The highest BCUT2D eigenvalue weighted by Gasteiger charge is 2.16. The second-order valence-electron chi connectivity index (χ2n) is 4.83. The normalized spacial score (nSPS) is 18.6. The SMILES string of the molecule is CCn1nc(C)c(NC(=S)NCC2CCCO2)c1C. The molecule has 2 N–H and O–H groups in total. The van der Waals surface area contributed by atoms with Crippen molar-refractivity contribution in [1.29, 1.82) is 0 Å². The second kappa shape index (κ2) is 6.34. The Labute approximate surface area is 119 Å². The number of anilines is 1. The van der Waals surface area contributed by atoms with Crippen molar-refractivity contribution in [3.8, 4) is 0 Å². The molecule has 0 aromatic carbocycles. The molecule has 106 valence electrons. The van der Waals surface area contributed by atoms with Crippen LogP contribution in [0, 0.1) is 13.8 Å². The van der Waals surface area contributed by atoms with E-state index < -0.39 is 0 Å². The lowest BCUT2D eigenvalue weighted by atomic mass is 10.2. The third kappa shape index (κ3) is 3.45. The average Bonchev–Trinajstić information content (AvgIpc) is 2.99. The topological polar surface area (TPSA) is 51.1 Å². The third-order valence-electron chi connectivity index (χ3n) is 3.43. The highest BCUT2D eigenvalue weighted by Crippen LogP contribution is 2.19. The Hall–Kier alpha value is -1.14. The van der Waals surface area contributed by atoms with E-state index >= 15 is 0 Å². The minimum absolute atomic E-state index is 0.292. The molecule has 0 saturated carbocycles. The number of rotatable bonds is 4. The van der Waals surface area contributed by atoms with E-state index in [-0.39, 0.29) is 0 Å². The summed E-state index contributed by atoms with van der Waals surface area (Å²) in [5.74, 6) is 0. The maximum Gasteiger partial charge on any atom is 0.170 e. The average molecular weight is 282 g/mol. The number of aromatic nitrogens is 2. The highest BCUT2D eigenvalue weighted by atomic mass is 32.1. The smallest absolute Gasteiger partial charge is 0.170 e. The molecule has 0 spiro atoms. The van der Waals surface area contributed by atoms with Crippen molar-refractivity contribution in [2.24, 2.45) is 0 Å². The van der Waals surface area contributed by atoms with Crippen molar-refractivity contribution in [3.05, 3.63) is 11.4 Å². The van der Waals surface area contributed by atoms with Crippen LogP contribution in [0.4, 0.5) is 5.69 Å². The molecule has 1 fully saturated rings. The number of nitrogens with one attached hydrogen (secondary N) is 2. The van der Waals surface area contributed by atoms with Gasteiger partial charge in [0.2, 0.25) is 0 Å². The largest absolute Gasteiger partial charge is 0.376 e. The fourth-order valence-electron chi connectivity index (χ4n) is 2.36. The van der Waals surface area contributed by atoms with Gasteiger partial charge in [0.15, 0.2) is 5.11 Å². The van der Waals surface area contributed by atoms with Gasteiger partial charge in [-0.15, -0.1) is 0 Å². The number of hydrogen-bond donors (Lipinski definition) is 2. The van der Waals surface area contributed by atoms with Gasteiger partial charge >= 0.3 is 0 Å². The first kappa shape index (κ1) is 14.3. The van der Waals surface area contributed by atoms with E-state index in [9.17, 15) is 0 Å². The molecule has 0 bridgehead atoms. The maximum atomic E-state index is 5.56. The molecule has 2 rings (SSSR count). The van der Waals surface area contributed by atoms with Gasteiger partial charge in [-0.3, -0.25) is 4.68 Å². The van der Waals surface area contributed by atoms with Crippen LogP contribution in [0.1, 0.15) is 31.2 Å². The molecule has 0 aliphatic carbocycles. The van der Waals surface area contributed by atoms with Crippen LogP contribution < -0.4 is 10.6 Å². The Kier molecular flexibility index (Phi) is 4.76. The molecular weight excluding hydrogens is 260 g/mol. The molecule has 1 atom stereocenters. The summed E-state index contributed by atoms with van der Waals surface area (Å²) in [6, 6.07) is 0. The zero-order chi connectivity index (χ0) is 13.8. The molecule has 1 aliphatic rings. The van der Waals surface area contributed by atoms with Crippen molar-refractivity contribution >= 4 is 23.0 Å². The quantitative estimate of drug-likeness (QED) is 0.827. The van der Waals surface area contributed by atoms with Gasteiger partial charge in [0.1, 0.15) is 0 Å². The van der Waals surface area contributed by atoms with E-state index in [4.69, 9.17) is 17.0 Å². The number of hydrogen-bond acceptors (Lipinski definition) is 3. The zero-order valence-corrected chi connectivity index (χ0v) is 12.6. The van der Waals surface area contributed by atoms with Crippen LogP contribution >= 0.6 is 12.2 Å². The summed E-state index contributed by atoms with van der Waals surface area (Å²) >= 11 is 5.32. The summed E-state index contributed by atoms with van der Waals surface area (Å²) in [5, 5.41) is 11.5. The van der Waals surface area contributed by atoms with Gasteiger partial charge in [-0.1, -0.05) is 0 Å². The molecule has 0 radical (unpaired) electrons. The molecule has 1 aromatic heterocycles. The molecule has 19 heavy (non-hydrogen) atoms. The predicted octanol–water partition coefficient (Wildman–Crippen LogP) is 1.99. The summed E-state index contributed by atoms with van der Waals surface area (Å²) in [6.07, 6.45) is 2.55. The Balaban J connectivity index is 1.89. The summed E-state index contributed by atoms with van der Waals surface area (Å²) in [7, 11) is 0. The van der Waals surface area contributed by atoms with Crippen molar-refractivity contribution in [3.63, 3.8) is 0 Å². The van der Waals surface area contributed by atoms with E-state index in [1.165, 1.54) is 0 Å². The van der Waals surface area contributed by atoms with Gasteiger partial charge in [-0.25, -0.2) is 0 Å². The van der Waals surface area contributed by atoms with Gasteiger partial charge in [0.05, 0.1) is 23.2 Å². The van der Waals surface area contributed by atoms with Gasteiger partial charge in [-0.2, -0.15) is 5.10 Å². The van der Waals surface area contributed by atoms with Crippen LogP contribution in [0.15, 0.2) is 0 Å². The fraction of sp³-hybridized carbons (Fsp3) is 0.692. The van der Waals surface area contributed by atoms with Crippen molar-refractivity contribution < 1.29 is 4.74 Å². The van der Waals surface area contributed by atoms with Crippen LogP contribution in [-0.4, -0.2) is 34.1 Å². The summed E-state index contributed by atoms with van der Waals surface area (Å²) < 4.78 is 7.53. The number of thiocarbonyl (C=S) groups is 1. The fourth-order valence-corrected chi connectivity index (χ4v) is 2.54. The minimum Gasteiger partial charge on any atom is -0.376 e. The zero-order valence-electron chi connectivity index (χ0n) is 11.8. The first-order chi connectivity index (χ1) is 9.11. The van der Waals surface area contributed by atoms with Crippen molar-refractivity contribution in [2.45, 2.75) is 46.3 Å². The van der Waals surface area contributed by atoms with E-state index in [0.717, 1.165) is 49.6 Å². The molecule has 5 nitrogen and oxygen atoms in total. The summed E-state index contributed by atoms with van der Waals surface area (Å²) in [5.41, 5.74) is 3.09. The van der Waals surface area contributed by atoms with Crippen LogP contribution in [0.5, 0.6) is 0 Å². The molecule has 1 aromatic rings. The maximum absolute atomic E-state index is 5.56. The molecular formula is C13H22N4OS. The molecule has 1 unspecified atom stereocenters. The molecule has 6 heteroatoms. The summed E-state index contributed by atoms with van der Waals surface area (Å²) in [6.45, 7) is 8.63. The number of ether oxygens (including phenoxy) is 1. The monoisotopic (exact) mass is 282 g/mol. The third-order valence-corrected chi connectivity index (χ3v) is 3.68. The van der Waals surface area contributed by atoms with Crippen LogP contribution in [0.25, 0.3) is 0 Å². The van der Waals surface area contributed by atoms with E-state index in [2.05, 4.69) is 29.6 Å². The van der Waals surface area contributed by atoms with Crippen molar-refractivity contribution in [1.82, 2.24) is 15.1 Å². The first-order valence-electron chi connectivity index (χ1n) is 6.82. The first-order valence-corrected chi connectivity index (χ1v) is 7.23. The molecule has 1 aliphatic heterocycles. The molecule has 0 amide bonds. The van der Waals surface area contributed by atoms with Gasteiger partial charge < -0.3 is 15.4 Å². The molecule has 1 saturated heterocycles. The number of aryl methyl sites for hydroxylation is 2. The lowest BCUT2D eigenvalue weighted by molar-refractivity contribution is 0.114.